The third-order valence-electron chi connectivity index (χ3n) is 30.9. The van der Waals surface area contributed by atoms with E-state index in [9.17, 15) is 0 Å². The Balaban J connectivity index is 0.0000000963. The Morgan fingerprint density at radius 3 is 1.01 bits per heavy atom. The monoisotopic (exact) mass is 1930 g/mol. The first-order valence-corrected chi connectivity index (χ1v) is 50.9. The molecule has 0 radical (unpaired) electrons. The molecule has 0 saturated carbocycles. The highest BCUT2D eigenvalue weighted by molar-refractivity contribution is 6.10. The van der Waals surface area contributed by atoms with Crippen molar-refractivity contribution >= 4 is 46.7 Å². The summed E-state index contributed by atoms with van der Waals surface area (Å²) in [5.41, 5.74) is 39.7. The highest BCUT2D eigenvalue weighted by Crippen LogP contribution is 2.57. The Bertz CT molecular complexity index is 9330. The summed E-state index contributed by atoms with van der Waals surface area (Å²) in [6.07, 6.45) is 43.6. The van der Waals surface area contributed by atoms with Crippen LogP contribution >= 0.6 is 0 Å². The number of hydrogen-bond acceptors (Lipinski definition) is 14. The van der Waals surface area contributed by atoms with Gasteiger partial charge in [0.25, 0.3) is 0 Å². The van der Waals surface area contributed by atoms with E-state index < -0.39 is 0 Å². The van der Waals surface area contributed by atoms with E-state index in [0.717, 1.165) is 142 Å². The molecule has 11 aromatic carbocycles. The first kappa shape index (κ1) is 88.3. The predicted octanol–water partition coefficient (Wildman–Crippen LogP) is 29.0. The van der Waals surface area contributed by atoms with Crippen LogP contribution in [0.15, 0.2) is 477 Å². The molecule has 8 unspecified atom stereocenters. The Hall–Kier alpha value is -19.4. The van der Waals surface area contributed by atoms with Gasteiger partial charge in [-0.1, -0.05) is 263 Å². The number of rotatable bonds is 11. The molecule has 150 heavy (non-hydrogen) atoms. The van der Waals surface area contributed by atoms with Gasteiger partial charge in [-0.05, 0) is 166 Å². The number of allylic oxidation sites excluding steroid dienone is 4. The van der Waals surface area contributed by atoms with Crippen LogP contribution in [-0.2, 0) is 5.41 Å². The zero-order chi connectivity index (χ0) is 99.4. The number of para-hydroxylation sites is 2. The Labute approximate surface area is 865 Å². The highest BCUT2D eigenvalue weighted by atomic mass is 15.2. The second-order valence-corrected chi connectivity index (χ2v) is 39.4. The second-order valence-electron chi connectivity index (χ2n) is 39.4. The maximum atomic E-state index is 5.38. The molecule has 8 atom stereocenters. The van der Waals surface area contributed by atoms with Crippen molar-refractivity contribution in [3.63, 3.8) is 0 Å². The lowest BCUT2D eigenvalue weighted by atomic mass is 9.76. The van der Waals surface area contributed by atoms with E-state index in [2.05, 4.69) is 421 Å². The van der Waals surface area contributed by atoms with E-state index in [1.54, 1.807) is 0 Å². The van der Waals surface area contributed by atoms with Crippen molar-refractivity contribution in [2.24, 2.45) is 20.0 Å². The smallest absolute Gasteiger partial charge is 0.145 e. The minimum atomic E-state index is -0.0757. The molecule has 0 amide bonds. The van der Waals surface area contributed by atoms with Crippen LogP contribution < -0.4 is 0 Å². The maximum Gasteiger partial charge on any atom is 0.145 e. The summed E-state index contributed by atoms with van der Waals surface area (Å²) >= 11 is 0. The summed E-state index contributed by atoms with van der Waals surface area (Å²) in [4.78, 5) is 66.2. The van der Waals surface area contributed by atoms with Gasteiger partial charge in [0.15, 0.2) is 0 Å². The van der Waals surface area contributed by atoms with Gasteiger partial charge in [-0.15, -0.1) is 0 Å². The molecular weight excluding hydrogens is 1840 g/mol. The van der Waals surface area contributed by atoms with E-state index in [1.807, 2.05) is 148 Å². The molecule has 19 nitrogen and oxygen atoms in total. The van der Waals surface area contributed by atoms with Crippen molar-refractivity contribution in [3.05, 3.63) is 513 Å². The number of imidazole rings is 4. The minimum absolute atomic E-state index is 0.0757. The third-order valence-corrected chi connectivity index (χ3v) is 30.9. The first-order valence-electron chi connectivity index (χ1n) is 50.9. The maximum absolute atomic E-state index is 5.38. The molecule has 0 saturated heterocycles. The fraction of sp³-hybridized carbons (Fsp3) is 0.0840. The molecule has 5 aliphatic carbocycles. The van der Waals surface area contributed by atoms with Crippen molar-refractivity contribution in [2.45, 2.75) is 66.6 Å². The topological polar surface area (TPSA) is 203 Å². The second kappa shape index (κ2) is 36.7. The van der Waals surface area contributed by atoms with Crippen LogP contribution in [0.2, 0.25) is 0 Å². The number of pyridine rings is 6. The summed E-state index contributed by atoms with van der Waals surface area (Å²) in [5, 5.41) is 2.44. The van der Waals surface area contributed by atoms with Crippen molar-refractivity contribution in [3.8, 4) is 153 Å². The summed E-state index contributed by atoms with van der Waals surface area (Å²) in [6.45, 7) is 4.67. The zero-order valence-electron chi connectivity index (χ0n) is 81.7. The van der Waals surface area contributed by atoms with Gasteiger partial charge >= 0.3 is 0 Å². The SMILES string of the molecule is C1=CC2c3c(nc(-c4ccccc4)n3-c3ccc(-c4ccccn4)cc3)-c3ccncc3C2C=N1.C1=CC2c3c(nc(-c4ccccc4)n3-c3ccc4c(c3)c3ccccc3n4-c3ccccc3)-c3ccncc3C2C=N1.C1=CC2c3c(nc(-c4ccccc4)n3-c3cccc(-c4ccccn4)c3)-c3ccncc3C2C=N1.CC1(C)c2ccccc2-c2ccc(-n3c(-c4ccccc4)nc4c3C3C=CN=CC3c3cnccc3-4)cc21. The summed E-state index contributed by atoms with van der Waals surface area (Å²) < 4.78 is 11.8. The van der Waals surface area contributed by atoms with Crippen LogP contribution in [0.3, 0.4) is 0 Å². The Morgan fingerprint density at radius 2 is 0.567 bits per heavy atom. The van der Waals surface area contributed by atoms with E-state index >= 15 is 0 Å². The molecular formula is C131H93N19. The lowest BCUT2D eigenvalue weighted by molar-refractivity contribution is 0.658. The summed E-state index contributed by atoms with van der Waals surface area (Å²) in [7, 11) is 0. The van der Waals surface area contributed by atoms with Gasteiger partial charge in [0, 0.05) is 259 Å². The number of aliphatic imine (C=N–C) groups is 4. The van der Waals surface area contributed by atoms with Gasteiger partial charge in [0.05, 0.1) is 68.0 Å². The molecule has 22 aromatic rings. The number of nitrogens with zero attached hydrogens (tertiary/aromatic N) is 19. The van der Waals surface area contributed by atoms with Gasteiger partial charge in [0.1, 0.15) is 23.3 Å². The largest absolute Gasteiger partial charge is 0.309 e. The molecule has 11 aromatic heterocycles. The Morgan fingerprint density at radius 1 is 0.227 bits per heavy atom. The first-order chi connectivity index (χ1) is 74.3. The quantitative estimate of drug-likeness (QED) is 0.120. The number of aromatic nitrogens is 15. The average molecular weight is 1930 g/mol. The van der Waals surface area contributed by atoms with Crippen LogP contribution in [0.25, 0.3) is 174 Å². The predicted molar refractivity (Wildman–Crippen MR) is 600 cm³/mol. The van der Waals surface area contributed by atoms with Crippen molar-refractivity contribution in [2.75, 3.05) is 0 Å². The average Bonchev–Trinajstić information content (AvgIpc) is 1.56. The van der Waals surface area contributed by atoms with Crippen LogP contribution in [0.5, 0.6) is 0 Å². The van der Waals surface area contributed by atoms with Crippen LogP contribution in [0.4, 0.5) is 0 Å². The van der Waals surface area contributed by atoms with Gasteiger partial charge in [-0.3, -0.25) is 68.1 Å². The van der Waals surface area contributed by atoms with Crippen LogP contribution in [0.1, 0.15) is 117 Å². The lowest BCUT2D eigenvalue weighted by Crippen LogP contribution is -2.22. The van der Waals surface area contributed by atoms with Gasteiger partial charge < -0.3 is 4.57 Å². The van der Waals surface area contributed by atoms with Crippen molar-refractivity contribution in [1.82, 2.24) is 72.7 Å². The lowest BCUT2D eigenvalue weighted by Gasteiger charge is -2.31. The zero-order valence-corrected chi connectivity index (χ0v) is 81.7. The highest BCUT2D eigenvalue weighted by Gasteiger charge is 2.45. The van der Waals surface area contributed by atoms with E-state index in [0.29, 0.717) is 0 Å². The molecule has 19 heteroatoms. The van der Waals surface area contributed by atoms with Crippen molar-refractivity contribution in [1.29, 1.82) is 0 Å². The summed E-state index contributed by atoms with van der Waals surface area (Å²) in [6, 6.07) is 121. The number of benzene rings is 11. The fourth-order valence-corrected chi connectivity index (χ4v) is 24.0. The fourth-order valence-electron chi connectivity index (χ4n) is 24.0. The van der Waals surface area contributed by atoms with E-state index in [-0.39, 0.29) is 52.8 Å². The normalized spacial score (nSPS) is 17.8. The van der Waals surface area contributed by atoms with E-state index in [4.69, 9.17) is 19.9 Å². The molecule has 0 spiro atoms. The van der Waals surface area contributed by atoms with Crippen LogP contribution in [0, 0.1) is 0 Å². The molecule has 0 N–H and O–H groups in total. The molecule has 9 aliphatic rings. The van der Waals surface area contributed by atoms with Gasteiger partial charge in [-0.25, -0.2) is 19.9 Å². The molecule has 31 rings (SSSR count). The molecule has 0 fully saturated rings. The standard InChI is InChI=1S/C37H25N5.C34H26N4.2C30H21N5/c1-3-9-24(10-4-1)37-40-35-28-17-19-38-22-31(28)32-23-39-20-18-29(32)36(35)42(37)26-15-16-34-30(21-26)27-13-7-8-14-33(27)41(34)25-11-5-2-6-12-25;1-34(2)29-11-7-6-10-23(29)24-13-12-22(18-30(24)34)38-32-26-15-17-36-20-28(26)27-19-35-16-14-25(27)31(32)37-33(38)21-8-4-3-5-9-21;1-2-7-20(8-3-1)30-34-28-23-12-15-31-18-25(23)26-19-32-16-13-24(26)29(28)35(30)22-10-6-9-21(17-22)27-11-4-5-14-33-27;1-2-6-21(7-3-1)30-34-28-23-13-16-31-18-25(23)26-19-32-17-14-24(26)29(28)35(30)22-11-9-20(10-12-22)27-8-4-5-15-33-27/h1-23,29,32H;3-20,26,28H,1-2H3;2*1-19,24,26H. The number of fused-ring (bicyclic) bond motifs is 30. The van der Waals surface area contributed by atoms with Crippen molar-refractivity contribution < 1.29 is 0 Å². The molecule has 0 bridgehead atoms. The third kappa shape index (κ3) is 14.8. The van der Waals surface area contributed by atoms with Gasteiger partial charge in [-0.2, -0.15) is 0 Å². The molecule has 712 valence electrons. The van der Waals surface area contributed by atoms with Gasteiger partial charge in [0.2, 0.25) is 0 Å². The van der Waals surface area contributed by atoms with Crippen LogP contribution in [-0.4, -0.2) is 97.5 Å². The Kier molecular flexibility index (Phi) is 21.6. The van der Waals surface area contributed by atoms with E-state index in [1.165, 1.54) is 89.1 Å². The number of hydrogen-bond donors (Lipinski definition) is 0. The molecule has 4 aliphatic heterocycles. The summed E-state index contributed by atoms with van der Waals surface area (Å²) in [5.74, 6) is 4.70. The molecule has 15 heterocycles. The minimum Gasteiger partial charge on any atom is -0.309 e.